The molecular weight excluding hydrogens is 361 g/mol. The highest BCUT2D eigenvalue weighted by Crippen LogP contribution is 2.43. The number of carbonyl (C=O) groups is 1. The van der Waals surface area contributed by atoms with Crippen LogP contribution in [0.1, 0.15) is 25.8 Å². The zero-order valence-corrected chi connectivity index (χ0v) is 14.6. The molecule has 2 aromatic carbocycles. The number of rotatable bonds is 2. The van der Waals surface area contributed by atoms with Crippen LogP contribution in [-0.2, 0) is 11.2 Å². The van der Waals surface area contributed by atoms with Crippen molar-refractivity contribution in [3.05, 3.63) is 52.3 Å². The van der Waals surface area contributed by atoms with Crippen molar-refractivity contribution in [2.45, 2.75) is 32.7 Å². The minimum absolute atomic E-state index is 0.00221. The number of carbonyl (C=O) groups excluding carboxylic acids is 1. The van der Waals surface area contributed by atoms with Gasteiger partial charge in [-0.2, -0.15) is 0 Å². The van der Waals surface area contributed by atoms with Crippen molar-refractivity contribution in [3.8, 4) is 11.5 Å². The van der Waals surface area contributed by atoms with Gasteiger partial charge < -0.3 is 9.64 Å². The Balaban J connectivity index is 2.08. The Labute approximate surface area is 143 Å². The summed E-state index contributed by atoms with van der Waals surface area (Å²) in [4.78, 5) is 13.8. The summed E-state index contributed by atoms with van der Waals surface area (Å²) in [7, 11) is 0. The van der Waals surface area contributed by atoms with Gasteiger partial charge in [-0.25, -0.2) is 4.39 Å². The second-order valence-electron chi connectivity index (χ2n) is 5.68. The number of para-hydroxylation sites is 1. The molecule has 23 heavy (non-hydrogen) atoms. The highest BCUT2D eigenvalue weighted by molar-refractivity contribution is 9.10. The van der Waals surface area contributed by atoms with Crippen LogP contribution in [0.3, 0.4) is 0 Å². The van der Waals surface area contributed by atoms with Crippen LogP contribution < -0.4 is 9.64 Å². The molecule has 1 atom stereocenters. The minimum Gasteiger partial charge on any atom is -0.453 e. The number of halogens is 2. The molecule has 3 nitrogen and oxygen atoms in total. The van der Waals surface area contributed by atoms with Crippen molar-refractivity contribution in [2.24, 2.45) is 0 Å². The molecule has 0 saturated carbocycles. The maximum Gasteiger partial charge on any atom is 0.224 e. The van der Waals surface area contributed by atoms with E-state index in [4.69, 9.17) is 4.74 Å². The first kappa shape index (κ1) is 16.0. The Morgan fingerprint density at radius 3 is 2.74 bits per heavy atom. The van der Waals surface area contributed by atoms with Gasteiger partial charge in [0.1, 0.15) is 5.75 Å². The first-order chi connectivity index (χ1) is 11.0. The highest BCUT2D eigenvalue weighted by Gasteiger charge is 2.29. The molecule has 1 heterocycles. The highest BCUT2D eigenvalue weighted by atomic mass is 79.9. The van der Waals surface area contributed by atoms with Crippen molar-refractivity contribution in [1.82, 2.24) is 0 Å². The van der Waals surface area contributed by atoms with Gasteiger partial charge in [-0.1, -0.05) is 12.1 Å². The minimum atomic E-state index is -0.412. The average molecular weight is 378 g/mol. The van der Waals surface area contributed by atoms with Crippen LogP contribution in [0.2, 0.25) is 0 Å². The Kier molecular flexibility index (Phi) is 4.39. The molecule has 0 spiro atoms. The van der Waals surface area contributed by atoms with Crippen LogP contribution in [0.25, 0.3) is 0 Å². The van der Waals surface area contributed by atoms with Crippen molar-refractivity contribution < 1.29 is 13.9 Å². The van der Waals surface area contributed by atoms with E-state index < -0.39 is 5.82 Å². The summed E-state index contributed by atoms with van der Waals surface area (Å²) in [6, 6.07) is 10.2. The third kappa shape index (κ3) is 2.98. The summed E-state index contributed by atoms with van der Waals surface area (Å²) < 4.78 is 20.5. The predicted molar refractivity (Wildman–Crippen MR) is 91.6 cm³/mol. The standard InChI is InChI=1S/C18H17BrFNO2/c1-11-7-8-13-16(21(11)12(2)22)10-9-14(19)18(13)23-17-6-4-3-5-15(17)20/h3-6,9-11H,7-8H2,1-2H3/t11-/m0/s1. The summed E-state index contributed by atoms with van der Waals surface area (Å²) in [5.41, 5.74) is 1.77. The van der Waals surface area contributed by atoms with E-state index in [1.54, 1.807) is 30.0 Å². The average Bonchev–Trinajstić information content (AvgIpc) is 2.51. The molecule has 1 amide bonds. The van der Waals surface area contributed by atoms with E-state index in [1.165, 1.54) is 6.07 Å². The number of ether oxygens (including phenoxy) is 1. The fourth-order valence-corrected chi connectivity index (χ4v) is 3.46. The number of fused-ring (bicyclic) bond motifs is 1. The quantitative estimate of drug-likeness (QED) is 0.731. The van der Waals surface area contributed by atoms with Crippen molar-refractivity contribution in [1.29, 1.82) is 0 Å². The number of hydrogen-bond acceptors (Lipinski definition) is 2. The van der Waals surface area contributed by atoms with Gasteiger partial charge in [-0.05, 0) is 60.0 Å². The first-order valence-electron chi connectivity index (χ1n) is 7.52. The van der Waals surface area contributed by atoms with Crippen molar-refractivity contribution in [3.63, 3.8) is 0 Å². The van der Waals surface area contributed by atoms with Gasteiger partial charge in [0.05, 0.1) is 10.2 Å². The second kappa shape index (κ2) is 6.32. The Morgan fingerprint density at radius 1 is 1.30 bits per heavy atom. The molecule has 0 unspecified atom stereocenters. The van der Waals surface area contributed by atoms with Crippen LogP contribution in [0.15, 0.2) is 40.9 Å². The molecule has 5 heteroatoms. The molecular formula is C18H17BrFNO2. The smallest absolute Gasteiger partial charge is 0.224 e. The molecule has 0 saturated heterocycles. The van der Waals surface area contributed by atoms with E-state index in [0.29, 0.717) is 5.75 Å². The maximum atomic E-state index is 13.9. The normalized spacial score (nSPS) is 16.9. The number of nitrogens with zero attached hydrogens (tertiary/aromatic N) is 1. The third-order valence-corrected chi connectivity index (χ3v) is 4.71. The molecule has 0 bridgehead atoms. The van der Waals surface area contributed by atoms with Gasteiger partial charge in [0.2, 0.25) is 5.91 Å². The van der Waals surface area contributed by atoms with Crippen LogP contribution in [0, 0.1) is 5.82 Å². The topological polar surface area (TPSA) is 29.5 Å². The van der Waals surface area contributed by atoms with Gasteiger partial charge >= 0.3 is 0 Å². The van der Waals surface area contributed by atoms with Gasteiger partial charge in [-0.15, -0.1) is 0 Å². The van der Waals surface area contributed by atoms with Crippen LogP contribution in [0.5, 0.6) is 11.5 Å². The molecule has 0 aromatic heterocycles. The Morgan fingerprint density at radius 2 is 2.04 bits per heavy atom. The zero-order chi connectivity index (χ0) is 16.6. The number of benzene rings is 2. The van der Waals surface area contributed by atoms with Crippen LogP contribution in [0.4, 0.5) is 10.1 Å². The molecule has 3 rings (SSSR count). The van der Waals surface area contributed by atoms with E-state index in [0.717, 1.165) is 28.6 Å². The zero-order valence-electron chi connectivity index (χ0n) is 13.0. The third-order valence-electron chi connectivity index (χ3n) is 4.09. The van der Waals surface area contributed by atoms with E-state index in [9.17, 15) is 9.18 Å². The maximum absolute atomic E-state index is 13.9. The molecule has 0 fully saturated rings. The fraction of sp³-hybridized carbons (Fsp3) is 0.278. The van der Waals surface area contributed by atoms with E-state index in [2.05, 4.69) is 15.9 Å². The monoisotopic (exact) mass is 377 g/mol. The summed E-state index contributed by atoms with van der Waals surface area (Å²) in [6.45, 7) is 3.59. The lowest BCUT2D eigenvalue weighted by Gasteiger charge is -2.35. The summed E-state index contributed by atoms with van der Waals surface area (Å²) in [5, 5.41) is 0. The second-order valence-corrected chi connectivity index (χ2v) is 6.54. The number of hydrogen-bond donors (Lipinski definition) is 0. The van der Waals surface area contributed by atoms with Gasteiger partial charge in [0.15, 0.2) is 11.6 Å². The lowest BCUT2D eigenvalue weighted by atomic mass is 9.95. The number of amides is 1. The molecule has 0 N–H and O–H groups in total. The largest absolute Gasteiger partial charge is 0.453 e. The SMILES string of the molecule is CC(=O)N1c2ccc(Br)c(Oc3ccccc3F)c2CC[C@@H]1C. The lowest BCUT2D eigenvalue weighted by molar-refractivity contribution is -0.117. The lowest BCUT2D eigenvalue weighted by Crippen LogP contribution is -2.40. The van der Waals surface area contributed by atoms with E-state index in [-0.39, 0.29) is 17.7 Å². The Bertz CT molecular complexity index is 763. The summed E-state index contributed by atoms with van der Waals surface area (Å²) in [6.07, 6.45) is 1.63. The van der Waals surface area contributed by atoms with Crippen molar-refractivity contribution >= 4 is 27.5 Å². The molecule has 0 aliphatic carbocycles. The van der Waals surface area contributed by atoms with Crippen LogP contribution in [-0.4, -0.2) is 11.9 Å². The van der Waals surface area contributed by atoms with E-state index in [1.807, 2.05) is 19.1 Å². The van der Waals surface area contributed by atoms with Gasteiger partial charge in [0, 0.05) is 18.5 Å². The van der Waals surface area contributed by atoms with Crippen molar-refractivity contribution in [2.75, 3.05) is 4.90 Å². The van der Waals surface area contributed by atoms with Gasteiger partial charge in [0.25, 0.3) is 0 Å². The van der Waals surface area contributed by atoms with E-state index >= 15 is 0 Å². The summed E-state index contributed by atoms with van der Waals surface area (Å²) in [5.74, 6) is 0.336. The predicted octanol–water partition coefficient (Wildman–Crippen LogP) is 5.07. The molecule has 1 aliphatic rings. The fourth-order valence-electron chi connectivity index (χ4n) is 3.00. The molecule has 120 valence electrons. The van der Waals surface area contributed by atoms with Gasteiger partial charge in [-0.3, -0.25) is 4.79 Å². The molecule has 2 aromatic rings. The molecule has 1 aliphatic heterocycles. The summed E-state index contributed by atoms with van der Waals surface area (Å²) >= 11 is 3.48. The Hall–Kier alpha value is -1.88. The van der Waals surface area contributed by atoms with Crippen LogP contribution >= 0.6 is 15.9 Å². The molecule has 0 radical (unpaired) electrons. The number of anilines is 1. The first-order valence-corrected chi connectivity index (χ1v) is 8.32.